The maximum atomic E-state index is 13.7. The Hall–Kier alpha value is -4.63. The Morgan fingerprint density at radius 1 is 0.825 bits per heavy atom. The summed E-state index contributed by atoms with van der Waals surface area (Å²) in [6.07, 6.45) is 3.03. The van der Waals surface area contributed by atoms with Gasteiger partial charge >= 0.3 is 0 Å². The van der Waals surface area contributed by atoms with Crippen molar-refractivity contribution in [3.8, 4) is 0 Å². The molecule has 0 bridgehead atoms. The first-order valence-electron chi connectivity index (χ1n) is 12.8. The lowest BCUT2D eigenvalue weighted by Gasteiger charge is -2.19. The van der Waals surface area contributed by atoms with E-state index in [0.717, 1.165) is 10.5 Å². The number of nitrogens with zero attached hydrogens (tertiary/aromatic N) is 2. The number of hydrogen-bond acceptors (Lipinski definition) is 6. The van der Waals surface area contributed by atoms with Crippen LogP contribution < -0.4 is 10.2 Å². The molecular formula is C31H27N3O5S. The second-order valence-corrected chi connectivity index (χ2v) is 11.9. The number of benzene rings is 3. The number of pyridine rings is 1. The number of carbonyl (C=O) groups excluding carboxylic acids is 3. The van der Waals surface area contributed by atoms with E-state index in [-0.39, 0.29) is 22.9 Å². The van der Waals surface area contributed by atoms with Crippen molar-refractivity contribution in [3.05, 3.63) is 125 Å². The minimum absolute atomic E-state index is 0.158. The van der Waals surface area contributed by atoms with Crippen LogP contribution in [0.25, 0.3) is 0 Å². The molecule has 0 saturated carbocycles. The molecule has 1 atom stereocenters. The second kappa shape index (κ2) is 10.9. The first-order chi connectivity index (χ1) is 19.2. The number of anilines is 1. The van der Waals surface area contributed by atoms with Gasteiger partial charge in [0.1, 0.15) is 5.25 Å². The van der Waals surface area contributed by atoms with E-state index in [1.807, 2.05) is 13.8 Å². The third-order valence-corrected chi connectivity index (χ3v) is 9.05. The molecule has 1 unspecified atom stereocenters. The van der Waals surface area contributed by atoms with Crippen molar-refractivity contribution in [2.45, 2.75) is 29.9 Å². The van der Waals surface area contributed by atoms with Gasteiger partial charge in [-0.25, -0.2) is 13.3 Å². The van der Waals surface area contributed by atoms with Crippen LogP contribution in [0.5, 0.6) is 0 Å². The van der Waals surface area contributed by atoms with E-state index in [2.05, 4.69) is 10.3 Å². The molecule has 9 heteroatoms. The highest BCUT2D eigenvalue weighted by molar-refractivity contribution is 7.91. The lowest BCUT2D eigenvalue weighted by molar-refractivity contribution is 0.0923. The normalized spacial score (nSPS) is 13.8. The summed E-state index contributed by atoms with van der Waals surface area (Å²) < 4.78 is 27.3. The van der Waals surface area contributed by atoms with Crippen LogP contribution in [0.15, 0.2) is 102 Å². The van der Waals surface area contributed by atoms with Crippen molar-refractivity contribution < 1.29 is 22.8 Å². The number of aromatic nitrogens is 1. The van der Waals surface area contributed by atoms with Crippen LogP contribution in [0.4, 0.5) is 5.69 Å². The summed E-state index contributed by atoms with van der Waals surface area (Å²) >= 11 is 0. The molecule has 202 valence electrons. The maximum Gasteiger partial charge on any atom is 0.266 e. The third-order valence-electron chi connectivity index (χ3n) is 6.94. The van der Waals surface area contributed by atoms with Gasteiger partial charge in [-0.3, -0.25) is 19.4 Å². The van der Waals surface area contributed by atoms with Crippen molar-refractivity contribution in [1.82, 2.24) is 10.3 Å². The zero-order valence-electron chi connectivity index (χ0n) is 21.9. The maximum absolute atomic E-state index is 13.7. The summed E-state index contributed by atoms with van der Waals surface area (Å²) in [7, 11) is -3.87. The quantitative estimate of drug-likeness (QED) is 0.309. The van der Waals surface area contributed by atoms with Gasteiger partial charge in [0.25, 0.3) is 17.7 Å². The zero-order chi connectivity index (χ0) is 28.4. The summed E-state index contributed by atoms with van der Waals surface area (Å²) in [5.41, 5.74) is 2.73. The molecule has 5 rings (SSSR count). The molecule has 1 N–H and O–H groups in total. The first kappa shape index (κ1) is 27.0. The van der Waals surface area contributed by atoms with Crippen molar-refractivity contribution in [2.24, 2.45) is 0 Å². The Bertz CT molecular complexity index is 1650. The predicted molar refractivity (Wildman–Crippen MR) is 151 cm³/mol. The Morgan fingerprint density at radius 3 is 2.00 bits per heavy atom. The fourth-order valence-corrected chi connectivity index (χ4v) is 6.30. The SMILES string of the molecule is CC(C)c1ccc(S(=O)(=O)C(CNC(=O)c2ccc(N3C(=O)c4ccccc4C3=O)cc2)c2cccnc2)cc1. The summed E-state index contributed by atoms with van der Waals surface area (Å²) in [5.74, 6) is -1.09. The molecule has 3 aromatic carbocycles. The molecule has 0 radical (unpaired) electrons. The minimum atomic E-state index is -3.87. The Morgan fingerprint density at radius 2 is 1.45 bits per heavy atom. The van der Waals surface area contributed by atoms with Gasteiger partial charge in [0, 0.05) is 24.5 Å². The Kier molecular flexibility index (Phi) is 7.32. The molecule has 40 heavy (non-hydrogen) atoms. The molecule has 1 aliphatic heterocycles. The molecule has 3 amide bonds. The van der Waals surface area contributed by atoms with Gasteiger partial charge in [0.2, 0.25) is 0 Å². The molecule has 1 aromatic heterocycles. The van der Waals surface area contributed by atoms with Crippen molar-refractivity contribution >= 4 is 33.2 Å². The molecule has 0 aliphatic carbocycles. The van der Waals surface area contributed by atoms with Crippen LogP contribution in [0.1, 0.15) is 67.2 Å². The minimum Gasteiger partial charge on any atom is -0.350 e. The van der Waals surface area contributed by atoms with Crippen LogP contribution in [-0.4, -0.2) is 37.7 Å². The van der Waals surface area contributed by atoms with E-state index in [0.29, 0.717) is 22.4 Å². The molecule has 1 aliphatic rings. The fraction of sp³-hybridized carbons (Fsp3) is 0.161. The highest BCUT2D eigenvalue weighted by Gasteiger charge is 2.36. The van der Waals surface area contributed by atoms with Crippen LogP contribution in [0.2, 0.25) is 0 Å². The number of hydrogen-bond donors (Lipinski definition) is 1. The van der Waals surface area contributed by atoms with E-state index in [4.69, 9.17) is 0 Å². The average Bonchev–Trinajstić information content (AvgIpc) is 3.23. The zero-order valence-corrected chi connectivity index (χ0v) is 22.8. The number of sulfone groups is 1. The molecule has 0 spiro atoms. The average molecular weight is 554 g/mol. The highest BCUT2D eigenvalue weighted by atomic mass is 32.2. The lowest BCUT2D eigenvalue weighted by atomic mass is 10.0. The third kappa shape index (κ3) is 5.03. The summed E-state index contributed by atoms with van der Waals surface area (Å²) in [5, 5.41) is 1.67. The van der Waals surface area contributed by atoms with Crippen LogP contribution in [0, 0.1) is 0 Å². The topological polar surface area (TPSA) is 114 Å². The van der Waals surface area contributed by atoms with E-state index in [1.165, 1.54) is 30.5 Å². The van der Waals surface area contributed by atoms with Gasteiger partial charge in [-0.05, 0) is 71.6 Å². The monoisotopic (exact) mass is 553 g/mol. The number of imide groups is 1. The number of amides is 3. The van der Waals surface area contributed by atoms with Gasteiger partial charge in [0.15, 0.2) is 9.84 Å². The van der Waals surface area contributed by atoms with Gasteiger partial charge < -0.3 is 5.32 Å². The lowest BCUT2D eigenvalue weighted by Crippen LogP contribution is -2.32. The van der Waals surface area contributed by atoms with E-state index in [1.54, 1.807) is 66.9 Å². The van der Waals surface area contributed by atoms with Gasteiger partial charge in [-0.1, -0.05) is 44.2 Å². The number of carbonyl (C=O) groups is 3. The van der Waals surface area contributed by atoms with Crippen molar-refractivity contribution in [2.75, 3.05) is 11.4 Å². The smallest absolute Gasteiger partial charge is 0.266 e. The van der Waals surface area contributed by atoms with Gasteiger partial charge in [-0.2, -0.15) is 0 Å². The number of nitrogens with one attached hydrogen (secondary N) is 1. The van der Waals surface area contributed by atoms with Gasteiger partial charge in [-0.15, -0.1) is 0 Å². The summed E-state index contributed by atoms with van der Waals surface area (Å²) in [6, 6.07) is 22.7. The predicted octanol–water partition coefficient (Wildman–Crippen LogP) is 4.95. The second-order valence-electron chi connectivity index (χ2n) is 9.79. The standard InChI is InChI=1S/C31H27N3O5S/c1-20(2)21-11-15-25(16-12-21)40(38,39)28(23-6-5-17-32-18-23)19-33-29(35)22-9-13-24(14-10-22)34-30(36)26-7-3-4-8-27(26)31(34)37/h3-18,20,28H,19H2,1-2H3,(H,33,35). The first-order valence-corrected chi connectivity index (χ1v) is 14.3. The summed E-state index contributed by atoms with van der Waals surface area (Å²) in [4.78, 5) is 43.9. The molecule has 2 heterocycles. The van der Waals surface area contributed by atoms with Crippen LogP contribution >= 0.6 is 0 Å². The fourth-order valence-electron chi connectivity index (χ4n) is 4.65. The van der Waals surface area contributed by atoms with Crippen molar-refractivity contribution in [3.63, 3.8) is 0 Å². The molecular weight excluding hydrogens is 526 g/mol. The highest BCUT2D eigenvalue weighted by Crippen LogP contribution is 2.30. The molecule has 0 fully saturated rings. The summed E-state index contributed by atoms with van der Waals surface area (Å²) in [6.45, 7) is 3.88. The Balaban J connectivity index is 1.34. The number of rotatable bonds is 8. The van der Waals surface area contributed by atoms with E-state index in [9.17, 15) is 22.8 Å². The van der Waals surface area contributed by atoms with Crippen LogP contribution in [0.3, 0.4) is 0 Å². The molecule has 8 nitrogen and oxygen atoms in total. The van der Waals surface area contributed by atoms with Crippen molar-refractivity contribution in [1.29, 1.82) is 0 Å². The van der Waals surface area contributed by atoms with Gasteiger partial charge in [0.05, 0.1) is 21.7 Å². The Labute approximate surface area is 232 Å². The van der Waals surface area contributed by atoms with E-state index < -0.39 is 32.8 Å². The largest absolute Gasteiger partial charge is 0.350 e. The van der Waals surface area contributed by atoms with Crippen LogP contribution in [-0.2, 0) is 9.84 Å². The van der Waals surface area contributed by atoms with E-state index >= 15 is 0 Å². The molecule has 4 aromatic rings. The number of fused-ring (bicyclic) bond motifs is 1. The molecule has 0 saturated heterocycles.